The molecule has 0 unspecified atom stereocenters. The predicted octanol–water partition coefficient (Wildman–Crippen LogP) is 6.13. The minimum absolute atomic E-state index is 0.166. The van der Waals surface area contributed by atoms with Crippen molar-refractivity contribution in [3.63, 3.8) is 0 Å². The van der Waals surface area contributed by atoms with E-state index in [0.29, 0.717) is 22.3 Å². The van der Waals surface area contributed by atoms with E-state index in [0.717, 1.165) is 16.0 Å². The summed E-state index contributed by atoms with van der Waals surface area (Å²) in [5, 5.41) is 0. The average molecular weight is 502 g/mol. The van der Waals surface area contributed by atoms with Crippen molar-refractivity contribution in [2.45, 2.75) is 41.5 Å². The molecule has 184 valence electrons. The first-order valence-electron chi connectivity index (χ1n) is 11.7. The summed E-state index contributed by atoms with van der Waals surface area (Å²) >= 11 is 0. The van der Waals surface area contributed by atoms with Crippen molar-refractivity contribution in [3.8, 4) is 0 Å². The van der Waals surface area contributed by atoms with Crippen molar-refractivity contribution < 1.29 is 23.7 Å². The lowest BCUT2D eigenvalue weighted by molar-refractivity contribution is 0.0680. The minimum Gasteiger partial charge on any atom is -0.305 e. The topological polar surface area (TPSA) is 88.6 Å². The summed E-state index contributed by atoms with van der Waals surface area (Å²) in [5.74, 6) is -1.32. The fraction of sp³-hybridized carbons (Fsp3) is 0.241. The second-order valence-electron chi connectivity index (χ2n) is 9.62. The van der Waals surface area contributed by atoms with Gasteiger partial charge >= 0.3 is 0 Å². The Morgan fingerprint density at radius 3 is 1.33 bits per heavy atom. The molecule has 0 aromatic heterocycles. The monoisotopic (exact) mass is 501 g/mol. The zero-order valence-electron chi connectivity index (χ0n) is 21.3. The van der Waals surface area contributed by atoms with E-state index in [-0.39, 0.29) is 22.3 Å². The highest BCUT2D eigenvalue weighted by Crippen LogP contribution is 2.55. The van der Waals surface area contributed by atoms with Crippen LogP contribution in [0.15, 0.2) is 48.5 Å². The van der Waals surface area contributed by atoms with Gasteiger partial charge < -0.3 is 4.57 Å². The molecule has 3 aromatic carbocycles. The van der Waals surface area contributed by atoms with E-state index >= 15 is 0 Å². The molecule has 1 aliphatic rings. The second-order valence-corrected chi connectivity index (χ2v) is 12.2. The smallest absolute Gasteiger partial charge is 0.262 e. The van der Waals surface area contributed by atoms with E-state index in [1.54, 1.807) is 64.1 Å². The lowest BCUT2D eigenvalue weighted by Gasteiger charge is -2.24. The van der Waals surface area contributed by atoms with E-state index < -0.39 is 36.3 Å². The van der Waals surface area contributed by atoms with Crippen LogP contribution in [0.5, 0.6) is 0 Å². The van der Waals surface area contributed by atoms with E-state index in [9.17, 15) is 23.7 Å². The average Bonchev–Trinajstić information content (AvgIpc) is 3.02. The molecule has 0 saturated carbocycles. The molecule has 0 bridgehead atoms. The van der Waals surface area contributed by atoms with Crippen LogP contribution in [0, 0.1) is 41.5 Å². The molecule has 36 heavy (non-hydrogen) atoms. The van der Waals surface area contributed by atoms with Crippen LogP contribution in [0.1, 0.15) is 74.8 Å². The van der Waals surface area contributed by atoms with Gasteiger partial charge in [0.1, 0.15) is 0 Å². The molecule has 6 nitrogen and oxygen atoms in total. The van der Waals surface area contributed by atoms with Crippen LogP contribution in [0.25, 0.3) is 0 Å². The number of imide groups is 1. The molecule has 0 radical (unpaired) electrons. The highest BCUT2D eigenvalue weighted by Gasteiger charge is 2.48. The number of benzene rings is 3. The maximum absolute atomic E-state index is 14.7. The molecule has 0 N–H and O–H groups in total. The molecule has 3 aromatic rings. The van der Waals surface area contributed by atoms with E-state index in [2.05, 4.69) is 0 Å². The van der Waals surface area contributed by atoms with Gasteiger partial charge in [-0.1, -0.05) is 47.5 Å². The molecule has 7 heteroatoms. The van der Waals surface area contributed by atoms with Crippen LogP contribution in [0.4, 0.5) is 0 Å². The van der Waals surface area contributed by atoms with Crippen LogP contribution in [-0.4, -0.2) is 34.0 Å². The fourth-order valence-corrected chi connectivity index (χ4v) is 7.71. The Balaban J connectivity index is 1.90. The number of amides is 2. The van der Waals surface area contributed by atoms with Gasteiger partial charge in [-0.25, -0.2) is 0 Å². The minimum atomic E-state index is -4.53. The van der Waals surface area contributed by atoms with E-state index in [1.165, 1.54) is 12.1 Å². The second kappa shape index (κ2) is 9.11. The van der Waals surface area contributed by atoms with E-state index in [4.69, 9.17) is 0 Å². The first kappa shape index (κ1) is 25.5. The Labute approximate surface area is 210 Å². The van der Waals surface area contributed by atoms with Crippen molar-refractivity contribution in [2.24, 2.45) is 0 Å². The number of fused-ring (bicyclic) bond motifs is 1. The lowest BCUT2D eigenvalue weighted by Crippen LogP contribution is -2.34. The third-order valence-electron chi connectivity index (χ3n) is 6.66. The van der Waals surface area contributed by atoms with Crippen molar-refractivity contribution >= 4 is 30.0 Å². The van der Waals surface area contributed by atoms with Gasteiger partial charge in [0.2, 0.25) is 18.2 Å². The Morgan fingerprint density at radius 1 is 0.667 bits per heavy atom. The number of carbonyl (C=O) groups excluding carboxylic acids is 4. The number of hydrogen-bond acceptors (Lipinski definition) is 5. The van der Waals surface area contributed by atoms with Gasteiger partial charge in [0.25, 0.3) is 11.8 Å². The lowest BCUT2D eigenvalue weighted by atomic mass is 10.0. The molecule has 1 aliphatic heterocycles. The molecule has 4 rings (SSSR count). The molecule has 0 spiro atoms. The summed E-state index contributed by atoms with van der Waals surface area (Å²) in [6.07, 6.45) is -0.781. The number of nitrogens with zero attached hydrogens (tertiary/aromatic N) is 1. The number of rotatable bonds is 6. The molecule has 0 saturated heterocycles. The number of carbonyl (C=O) groups is 4. The molecule has 0 atom stereocenters. The fourth-order valence-electron chi connectivity index (χ4n) is 5.18. The van der Waals surface area contributed by atoms with Gasteiger partial charge in [0, 0.05) is 11.1 Å². The van der Waals surface area contributed by atoms with Crippen LogP contribution in [0.3, 0.4) is 0 Å². The molecular weight excluding hydrogens is 473 g/mol. The summed E-state index contributed by atoms with van der Waals surface area (Å²) in [6, 6.07) is 13.4. The van der Waals surface area contributed by atoms with Crippen molar-refractivity contribution in [1.82, 2.24) is 4.90 Å². The summed E-state index contributed by atoms with van der Waals surface area (Å²) in [5.41, 5.74) is 3.25. The maximum atomic E-state index is 14.7. The first-order chi connectivity index (χ1) is 16.9. The first-order valence-corrected chi connectivity index (χ1v) is 13.6. The standard InChI is InChI=1S/C29H28NO5P/c1-16-11-18(3)24(19(4)12-16)28(33)36(35,29(34)25-20(5)13-17(2)14-21(25)6)15-30-26(31)22-9-7-8-10-23(22)27(30)32/h7-14H,15H2,1-6H3. The highest BCUT2D eigenvalue weighted by atomic mass is 31.2. The van der Waals surface area contributed by atoms with E-state index in [1.807, 2.05) is 13.8 Å². The molecular formula is C29H28NO5P. The van der Waals surface area contributed by atoms with Crippen LogP contribution in [-0.2, 0) is 4.57 Å². The van der Waals surface area contributed by atoms with Crippen LogP contribution in [0.2, 0.25) is 0 Å². The zero-order chi connectivity index (χ0) is 26.5. The molecule has 2 amide bonds. The number of aryl methyl sites for hydroxylation is 6. The van der Waals surface area contributed by atoms with Gasteiger partial charge in [-0.3, -0.25) is 24.1 Å². The Morgan fingerprint density at radius 2 is 1.00 bits per heavy atom. The Kier molecular flexibility index (Phi) is 6.44. The molecule has 0 aliphatic carbocycles. The quantitative estimate of drug-likeness (QED) is 0.299. The van der Waals surface area contributed by atoms with Gasteiger partial charge in [0.15, 0.2) is 0 Å². The SMILES string of the molecule is Cc1cc(C)c(C(=O)P(=O)(CN2C(=O)c3ccccc3C2=O)C(=O)c2c(C)cc(C)cc2C)c(C)c1. The molecule has 0 fully saturated rings. The van der Waals surface area contributed by atoms with Gasteiger partial charge in [0.05, 0.1) is 17.4 Å². The summed E-state index contributed by atoms with van der Waals surface area (Å²) in [7, 11) is -4.53. The Bertz CT molecular complexity index is 1380. The normalized spacial score (nSPS) is 13.2. The Hall–Kier alpha value is -3.63. The summed E-state index contributed by atoms with van der Waals surface area (Å²) in [6.45, 7) is 10.7. The summed E-state index contributed by atoms with van der Waals surface area (Å²) < 4.78 is 14.7. The number of hydrogen-bond donors (Lipinski definition) is 0. The van der Waals surface area contributed by atoms with Crippen molar-refractivity contribution in [3.05, 3.63) is 104 Å². The predicted molar refractivity (Wildman–Crippen MR) is 139 cm³/mol. The van der Waals surface area contributed by atoms with Gasteiger partial charge in [-0.05, 0) is 75.9 Å². The van der Waals surface area contributed by atoms with Gasteiger partial charge in [-0.15, -0.1) is 0 Å². The van der Waals surface area contributed by atoms with Gasteiger partial charge in [-0.2, -0.15) is 0 Å². The zero-order valence-corrected chi connectivity index (χ0v) is 22.2. The molecule has 1 heterocycles. The van der Waals surface area contributed by atoms with Crippen LogP contribution < -0.4 is 0 Å². The van der Waals surface area contributed by atoms with Crippen molar-refractivity contribution in [2.75, 3.05) is 6.29 Å². The van der Waals surface area contributed by atoms with Crippen molar-refractivity contribution in [1.29, 1.82) is 0 Å². The third-order valence-corrected chi connectivity index (χ3v) is 9.10. The third kappa shape index (κ3) is 4.06. The highest BCUT2D eigenvalue weighted by molar-refractivity contribution is 7.95. The maximum Gasteiger partial charge on any atom is 0.262 e. The largest absolute Gasteiger partial charge is 0.305 e. The summed E-state index contributed by atoms with van der Waals surface area (Å²) in [4.78, 5) is 55.2. The van der Waals surface area contributed by atoms with Crippen LogP contribution >= 0.6 is 7.14 Å².